The number of carboxylic acid groups (broad SMARTS) is 1. The quantitative estimate of drug-likeness (QED) is 0.699. The van der Waals surface area contributed by atoms with Crippen LogP contribution in [0, 0.1) is 12.7 Å². The highest BCUT2D eigenvalue weighted by molar-refractivity contribution is 7.91. The number of hydrogen-bond acceptors (Lipinski definition) is 3. The Labute approximate surface area is 168 Å². The van der Waals surface area contributed by atoms with Crippen molar-refractivity contribution >= 4 is 32.3 Å². The highest BCUT2D eigenvalue weighted by Crippen LogP contribution is 2.39. The van der Waals surface area contributed by atoms with E-state index in [0.717, 1.165) is 0 Å². The number of carboxylic acids is 1. The van der Waals surface area contributed by atoms with E-state index in [1.807, 2.05) is 6.08 Å². The monoisotopic (exact) mass is 413 g/mol. The van der Waals surface area contributed by atoms with Crippen LogP contribution in [0.25, 0.3) is 16.5 Å². The molecule has 7 heteroatoms. The van der Waals surface area contributed by atoms with Crippen molar-refractivity contribution in [2.45, 2.75) is 31.2 Å². The number of aliphatic carboxylic acids is 1. The summed E-state index contributed by atoms with van der Waals surface area (Å²) in [5.74, 6) is -1.36. The Balaban J connectivity index is 2.07. The maximum Gasteiger partial charge on any atom is 0.323 e. The van der Waals surface area contributed by atoms with E-state index in [1.54, 1.807) is 41.8 Å². The first kappa shape index (κ1) is 19.4. The topological polar surface area (TPSA) is 76.4 Å². The fraction of sp³-hybridized carbons (Fsp3) is 0.227. The zero-order valence-electron chi connectivity index (χ0n) is 15.9. The second-order valence-corrected chi connectivity index (χ2v) is 9.25. The van der Waals surface area contributed by atoms with Crippen LogP contribution < -0.4 is 0 Å². The number of carbonyl (C=O) groups is 1. The first-order valence-corrected chi connectivity index (χ1v) is 11.0. The maximum absolute atomic E-state index is 14.1. The van der Waals surface area contributed by atoms with Crippen LogP contribution in [0.5, 0.6) is 0 Å². The molecule has 4 rings (SSSR count). The summed E-state index contributed by atoms with van der Waals surface area (Å²) in [5.41, 5.74) is 3.19. The Hall–Kier alpha value is -2.93. The van der Waals surface area contributed by atoms with Gasteiger partial charge in [0.1, 0.15) is 12.4 Å². The minimum absolute atomic E-state index is 0.0716. The molecule has 1 N–H and O–H groups in total. The Kier molecular flexibility index (Phi) is 4.78. The summed E-state index contributed by atoms with van der Waals surface area (Å²) in [6.07, 6.45) is 3.02. The fourth-order valence-corrected chi connectivity index (χ4v) is 5.64. The summed E-state index contributed by atoms with van der Waals surface area (Å²) in [6, 6.07) is 11.1. The van der Waals surface area contributed by atoms with Crippen LogP contribution in [0.1, 0.15) is 29.7 Å². The van der Waals surface area contributed by atoms with Gasteiger partial charge in [-0.2, -0.15) is 0 Å². The predicted molar refractivity (Wildman–Crippen MR) is 109 cm³/mol. The van der Waals surface area contributed by atoms with Gasteiger partial charge in [0.15, 0.2) is 9.84 Å². The van der Waals surface area contributed by atoms with Gasteiger partial charge in [-0.1, -0.05) is 24.3 Å². The summed E-state index contributed by atoms with van der Waals surface area (Å²) in [7, 11) is -3.45. The number of fused-ring (bicyclic) bond motifs is 2. The number of nitrogens with zero attached hydrogens (tertiary/aromatic N) is 1. The molecule has 0 aliphatic carbocycles. The highest BCUT2D eigenvalue weighted by Gasteiger charge is 2.26. The molecule has 0 saturated carbocycles. The van der Waals surface area contributed by atoms with Crippen molar-refractivity contribution in [1.82, 2.24) is 4.57 Å². The van der Waals surface area contributed by atoms with Gasteiger partial charge in [-0.3, -0.25) is 4.79 Å². The first-order chi connectivity index (χ1) is 13.8. The van der Waals surface area contributed by atoms with Gasteiger partial charge in [0.25, 0.3) is 0 Å². The fourth-order valence-electron chi connectivity index (χ4n) is 4.07. The van der Waals surface area contributed by atoms with Gasteiger partial charge >= 0.3 is 5.97 Å². The predicted octanol–water partition coefficient (Wildman–Crippen LogP) is 4.17. The lowest BCUT2D eigenvalue weighted by atomic mass is 9.94. The van der Waals surface area contributed by atoms with Crippen molar-refractivity contribution in [1.29, 1.82) is 0 Å². The average molecular weight is 413 g/mol. The molecular weight excluding hydrogens is 393 g/mol. The number of sulfone groups is 1. The van der Waals surface area contributed by atoms with E-state index >= 15 is 0 Å². The molecule has 29 heavy (non-hydrogen) atoms. The summed E-state index contributed by atoms with van der Waals surface area (Å²) >= 11 is 0. The van der Waals surface area contributed by atoms with Crippen molar-refractivity contribution in [2.75, 3.05) is 5.75 Å². The minimum atomic E-state index is -3.45. The number of halogens is 1. The van der Waals surface area contributed by atoms with Crippen LogP contribution >= 0.6 is 0 Å². The normalized spacial score (nSPS) is 17.8. The third-order valence-electron chi connectivity index (χ3n) is 5.33. The van der Waals surface area contributed by atoms with E-state index in [-0.39, 0.29) is 17.2 Å². The number of aromatic nitrogens is 1. The molecule has 0 saturated heterocycles. The zero-order valence-corrected chi connectivity index (χ0v) is 16.7. The lowest BCUT2D eigenvalue weighted by Crippen LogP contribution is -2.12. The second-order valence-electron chi connectivity index (χ2n) is 7.18. The van der Waals surface area contributed by atoms with Gasteiger partial charge in [-0.05, 0) is 49.6 Å². The third-order valence-corrected chi connectivity index (χ3v) is 7.18. The van der Waals surface area contributed by atoms with Gasteiger partial charge < -0.3 is 9.67 Å². The van der Waals surface area contributed by atoms with Crippen molar-refractivity contribution in [3.8, 4) is 0 Å². The van der Waals surface area contributed by atoms with Crippen LogP contribution in [-0.2, 0) is 21.2 Å². The van der Waals surface area contributed by atoms with E-state index in [9.17, 15) is 22.7 Å². The highest BCUT2D eigenvalue weighted by atomic mass is 32.2. The van der Waals surface area contributed by atoms with Gasteiger partial charge in [0, 0.05) is 27.7 Å². The molecule has 1 aliphatic heterocycles. The molecule has 3 aromatic rings. The minimum Gasteiger partial charge on any atom is -0.480 e. The molecule has 0 amide bonds. The SMILES string of the molecule is Cc1c(/C2=C/CCCS(=O)(=O)c3ccccc32)c2cc(F)ccc2n1CC(=O)O. The van der Waals surface area contributed by atoms with Gasteiger partial charge in [0.05, 0.1) is 10.6 Å². The van der Waals surface area contributed by atoms with Crippen molar-refractivity contribution in [3.05, 3.63) is 71.2 Å². The second kappa shape index (κ2) is 7.15. The number of benzene rings is 2. The van der Waals surface area contributed by atoms with E-state index < -0.39 is 21.6 Å². The van der Waals surface area contributed by atoms with Crippen molar-refractivity contribution < 1.29 is 22.7 Å². The van der Waals surface area contributed by atoms with Crippen molar-refractivity contribution in [3.63, 3.8) is 0 Å². The molecule has 0 bridgehead atoms. The van der Waals surface area contributed by atoms with Crippen molar-refractivity contribution in [2.24, 2.45) is 0 Å². The molecule has 0 fully saturated rings. The molecule has 2 aromatic carbocycles. The molecule has 0 spiro atoms. The summed E-state index contributed by atoms with van der Waals surface area (Å²) in [5, 5.41) is 9.92. The van der Waals surface area contributed by atoms with Crippen LogP contribution in [0.3, 0.4) is 0 Å². The Bertz CT molecular complexity index is 1270. The smallest absolute Gasteiger partial charge is 0.323 e. The lowest BCUT2D eigenvalue weighted by Gasteiger charge is -2.17. The molecule has 1 aliphatic rings. The average Bonchev–Trinajstić information content (AvgIpc) is 2.92. The number of hydrogen-bond donors (Lipinski definition) is 1. The largest absolute Gasteiger partial charge is 0.480 e. The van der Waals surface area contributed by atoms with Crippen LogP contribution in [-0.4, -0.2) is 29.8 Å². The molecular formula is C22H20FNO4S. The third kappa shape index (κ3) is 3.35. The van der Waals surface area contributed by atoms with Crippen LogP contribution in [0.15, 0.2) is 53.4 Å². The van der Waals surface area contributed by atoms with Gasteiger partial charge in [-0.15, -0.1) is 0 Å². The molecule has 0 atom stereocenters. The van der Waals surface area contributed by atoms with Crippen LogP contribution in [0.4, 0.5) is 4.39 Å². The zero-order chi connectivity index (χ0) is 20.8. The molecule has 5 nitrogen and oxygen atoms in total. The number of rotatable bonds is 3. The maximum atomic E-state index is 14.1. The standard InChI is InChI=1S/C22H20FNO4S/c1-14-22(18-12-15(23)9-10-19(18)24(14)13-21(25)26)17-7-4-5-11-29(27,28)20-8-3-2-6-16(17)20/h2-3,6-10,12H,4-5,11,13H2,1H3,(H,25,26)/b17-7+. The Morgan fingerprint density at radius 2 is 1.97 bits per heavy atom. The summed E-state index contributed by atoms with van der Waals surface area (Å²) < 4.78 is 41.4. The van der Waals surface area contributed by atoms with Gasteiger partial charge in [-0.25, -0.2) is 12.8 Å². The Morgan fingerprint density at radius 1 is 1.21 bits per heavy atom. The molecule has 0 unspecified atom stereocenters. The molecule has 1 aromatic heterocycles. The first-order valence-electron chi connectivity index (χ1n) is 9.32. The molecule has 2 heterocycles. The van der Waals surface area contributed by atoms with E-state index in [0.29, 0.717) is 46.1 Å². The summed E-state index contributed by atoms with van der Waals surface area (Å²) in [4.78, 5) is 11.7. The summed E-state index contributed by atoms with van der Waals surface area (Å²) in [6.45, 7) is 1.52. The van der Waals surface area contributed by atoms with E-state index in [1.165, 1.54) is 12.1 Å². The van der Waals surface area contributed by atoms with E-state index in [4.69, 9.17) is 0 Å². The lowest BCUT2D eigenvalue weighted by molar-refractivity contribution is -0.137. The molecule has 0 radical (unpaired) electrons. The van der Waals surface area contributed by atoms with Crippen LogP contribution in [0.2, 0.25) is 0 Å². The number of allylic oxidation sites excluding steroid dienone is 1. The Morgan fingerprint density at radius 3 is 2.72 bits per heavy atom. The van der Waals surface area contributed by atoms with E-state index in [2.05, 4.69) is 0 Å². The molecule has 150 valence electrons. The van der Waals surface area contributed by atoms with Gasteiger partial charge in [0.2, 0.25) is 0 Å².